The molecule has 2 amide bonds. The molecule has 2 rings (SSSR count). The zero-order chi connectivity index (χ0) is 14.5. The van der Waals surface area contributed by atoms with Crippen molar-refractivity contribution in [3.05, 3.63) is 12.2 Å². The third-order valence-corrected chi connectivity index (χ3v) is 4.08. The monoisotopic (exact) mass is 279 g/mol. The maximum absolute atomic E-state index is 12.3. The first-order valence-corrected chi connectivity index (χ1v) is 7.62. The van der Waals surface area contributed by atoms with Gasteiger partial charge in [0.05, 0.1) is 5.92 Å². The maximum Gasteiger partial charge on any atom is 0.229 e. The van der Waals surface area contributed by atoms with Gasteiger partial charge in [-0.05, 0) is 25.7 Å². The topological polar surface area (TPSA) is 75.4 Å². The van der Waals surface area contributed by atoms with E-state index < -0.39 is 0 Å². The molecule has 0 aromatic rings. The third-order valence-electron chi connectivity index (χ3n) is 4.08. The highest BCUT2D eigenvalue weighted by Crippen LogP contribution is 2.21. The lowest BCUT2D eigenvalue weighted by molar-refractivity contribution is -0.135. The summed E-state index contributed by atoms with van der Waals surface area (Å²) in [4.78, 5) is 25.8. The maximum atomic E-state index is 12.3. The van der Waals surface area contributed by atoms with Gasteiger partial charge in [-0.25, -0.2) is 0 Å². The number of likely N-dealkylation sites (tertiary alicyclic amines) is 1. The summed E-state index contributed by atoms with van der Waals surface area (Å²) in [5.41, 5.74) is 5.79. The summed E-state index contributed by atoms with van der Waals surface area (Å²) in [6.45, 7) is 3.46. The Morgan fingerprint density at radius 1 is 1.30 bits per heavy atom. The first-order chi connectivity index (χ1) is 9.60. The molecule has 3 N–H and O–H groups in total. The zero-order valence-electron chi connectivity index (χ0n) is 12.2. The van der Waals surface area contributed by atoms with Crippen LogP contribution in [0.5, 0.6) is 0 Å². The van der Waals surface area contributed by atoms with Crippen molar-refractivity contribution >= 4 is 11.8 Å². The molecule has 5 nitrogen and oxygen atoms in total. The molecule has 2 aliphatic rings. The molecule has 1 aliphatic heterocycles. The van der Waals surface area contributed by atoms with Gasteiger partial charge in [0.15, 0.2) is 0 Å². The van der Waals surface area contributed by atoms with Gasteiger partial charge in [0, 0.05) is 31.6 Å². The van der Waals surface area contributed by atoms with Crippen LogP contribution in [-0.2, 0) is 9.59 Å². The van der Waals surface area contributed by atoms with E-state index in [-0.39, 0.29) is 29.8 Å². The lowest BCUT2D eigenvalue weighted by Crippen LogP contribution is -2.47. The van der Waals surface area contributed by atoms with Crippen LogP contribution in [0.15, 0.2) is 12.2 Å². The smallest absolute Gasteiger partial charge is 0.229 e. The van der Waals surface area contributed by atoms with E-state index in [9.17, 15) is 9.59 Å². The van der Waals surface area contributed by atoms with Crippen molar-refractivity contribution in [3.63, 3.8) is 0 Å². The van der Waals surface area contributed by atoms with Gasteiger partial charge in [-0.15, -0.1) is 0 Å². The Balaban J connectivity index is 1.75. The van der Waals surface area contributed by atoms with Crippen molar-refractivity contribution in [2.24, 2.45) is 11.7 Å². The van der Waals surface area contributed by atoms with Crippen LogP contribution < -0.4 is 11.1 Å². The first-order valence-electron chi connectivity index (χ1n) is 7.62. The second kappa shape index (κ2) is 6.88. The lowest BCUT2D eigenvalue weighted by Gasteiger charge is -2.33. The molecule has 0 spiro atoms. The minimum Gasteiger partial charge on any atom is -0.353 e. The van der Waals surface area contributed by atoms with E-state index in [1.165, 1.54) is 0 Å². The molecule has 1 aliphatic carbocycles. The summed E-state index contributed by atoms with van der Waals surface area (Å²) >= 11 is 0. The Labute approximate surface area is 120 Å². The van der Waals surface area contributed by atoms with Crippen LogP contribution in [-0.4, -0.2) is 41.9 Å². The molecular weight excluding hydrogens is 254 g/mol. The number of carbonyl (C=O) groups is 2. The van der Waals surface area contributed by atoms with Crippen molar-refractivity contribution in [2.75, 3.05) is 13.1 Å². The van der Waals surface area contributed by atoms with Crippen molar-refractivity contribution < 1.29 is 9.59 Å². The van der Waals surface area contributed by atoms with Gasteiger partial charge in [-0.3, -0.25) is 9.59 Å². The highest BCUT2D eigenvalue weighted by Gasteiger charge is 2.30. The minimum atomic E-state index is -0.0452. The normalized spacial score (nSPS) is 26.8. The zero-order valence-corrected chi connectivity index (χ0v) is 12.2. The van der Waals surface area contributed by atoms with Crippen molar-refractivity contribution in [1.82, 2.24) is 10.2 Å². The molecule has 0 saturated carbocycles. The van der Waals surface area contributed by atoms with Gasteiger partial charge in [0.25, 0.3) is 0 Å². The number of nitrogens with one attached hydrogen (secondary N) is 1. The van der Waals surface area contributed by atoms with Gasteiger partial charge < -0.3 is 16.0 Å². The number of amides is 2. The summed E-state index contributed by atoms with van der Waals surface area (Å²) in [5, 5.41) is 3.04. The van der Waals surface area contributed by atoms with E-state index in [0.29, 0.717) is 6.42 Å². The van der Waals surface area contributed by atoms with Crippen LogP contribution in [0.2, 0.25) is 0 Å². The van der Waals surface area contributed by atoms with E-state index in [1.54, 1.807) is 0 Å². The largest absolute Gasteiger partial charge is 0.353 e. The highest BCUT2D eigenvalue weighted by molar-refractivity contribution is 5.81. The second-order valence-electron chi connectivity index (χ2n) is 5.81. The molecule has 112 valence electrons. The molecule has 1 fully saturated rings. The van der Waals surface area contributed by atoms with Gasteiger partial charge in [0.2, 0.25) is 11.8 Å². The van der Waals surface area contributed by atoms with E-state index in [0.717, 1.165) is 38.8 Å². The van der Waals surface area contributed by atoms with Crippen LogP contribution in [0, 0.1) is 5.92 Å². The molecule has 1 saturated heterocycles. The van der Waals surface area contributed by atoms with Crippen LogP contribution in [0.4, 0.5) is 0 Å². The van der Waals surface area contributed by atoms with E-state index in [2.05, 4.69) is 5.32 Å². The number of nitrogens with two attached hydrogens (primary N) is 1. The van der Waals surface area contributed by atoms with Crippen molar-refractivity contribution in [2.45, 2.75) is 51.1 Å². The lowest BCUT2D eigenvalue weighted by atomic mass is 10.0. The Morgan fingerprint density at radius 3 is 2.55 bits per heavy atom. The molecule has 2 atom stereocenters. The minimum absolute atomic E-state index is 0.0230. The number of carbonyl (C=O) groups excluding carboxylic acids is 2. The van der Waals surface area contributed by atoms with Crippen LogP contribution in [0.3, 0.4) is 0 Å². The molecule has 0 radical (unpaired) electrons. The first kappa shape index (κ1) is 15.0. The summed E-state index contributed by atoms with van der Waals surface area (Å²) < 4.78 is 0. The van der Waals surface area contributed by atoms with E-state index in [1.807, 2.05) is 24.0 Å². The second-order valence-corrected chi connectivity index (χ2v) is 5.81. The van der Waals surface area contributed by atoms with Gasteiger partial charge >= 0.3 is 0 Å². The standard InChI is InChI=1S/C15H25N3O2/c1-2-3-14(19)17-13-6-8-18(9-7-13)15(20)11-4-5-12(16)10-11/h4-5,11-13H,2-3,6-10,16H2,1H3,(H,17,19). The molecule has 5 heteroatoms. The Morgan fingerprint density at radius 2 is 2.00 bits per heavy atom. The molecule has 20 heavy (non-hydrogen) atoms. The Hall–Kier alpha value is -1.36. The molecule has 1 heterocycles. The fourth-order valence-electron chi connectivity index (χ4n) is 2.92. The predicted octanol–water partition coefficient (Wildman–Crippen LogP) is 0.797. The number of piperidine rings is 1. The fraction of sp³-hybridized carbons (Fsp3) is 0.733. The summed E-state index contributed by atoms with van der Waals surface area (Å²) in [6.07, 6.45) is 7.74. The average Bonchev–Trinajstić information content (AvgIpc) is 2.86. The van der Waals surface area contributed by atoms with Gasteiger partial charge in [-0.2, -0.15) is 0 Å². The Bertz CT molecular complexity index is 387. The molecule has 2 unspecified atom stereocenters. The number of hydrogen-bond acceptors (Lipinski definition) is 3. The number of hydrogen-bond donors (Lipinski definition) is 2. The van der Waals surface area contributed by atoms with Gasteiger partial charge in [-0.1, -0.05) is 19.1 Å². The third kappa shape index (κ3) is 3.82. The van der Waals surface area contributed by atoms with Crippen LogP contribution in [0.25, 0.3) is 0 Å². The van der Waals surface area contributed by atoms with Crippen LogP contribution in [0.1, 0.15) is 39.0 Å². The molecular formula is C15H25N3O2. The van der Waals surface area contributed by atoms with E-state index >= 15 is 0 Å². The summed E-state index contributed by atoms with van der Waals surface area (Å²) in [6, 6.07) is 0.245. The quantitative estimate of drug-likeness (QED) is 0.747. The van der Waals surface area contributed by atoms with Crippen molar-refractivity contribution in [1.29, 1.82) is 0 Å². The molecule has 0 bridgehead atoms. The van der Waals surface area contributed by atoms with Gasteiger partial charge in [0.1, 0.15) is 0 Å². The predicted molar refractivity (Wildman–Crippen MR) is 77.9 cm³/mol. The highest BCUT2D eigenvalue weighted by atomic mass is 16.2. The summed E-state index contributed by atoms with van der Waals surface area (Å²) in [7, 11) is 0. The molecule has 0 aromatic carbocycles. The average molecular weight is 279 g/mol. The number of rotatable bonds is 4. The fourth-order valence-corrected chi connectivity index (χ4v) is 2.92. The van der Waals surface area contributed by atoms with E-state index in [4.69, 9.17) is 5.73 Å². The van der Waals surface area contributed by atoms with Crippen LogP contribution >= 0.6 is 0 Å². The summed E-state index contributed by atoms with van der Waals surface area (Å²) in [5.74, 6) is 0.269. The molecule has 0 aromatic heterocycles. The SMILES string of the molecule is CCCC(=O)NC1CCN(C(=O)C2C=CC(N)C2)CC1. The number of nitrogens with zero attached hydrogens (tertiary/aromatic N) is 1. The Kier molecular flexibility index (Phi) is 5.17. The van der Waals surface area contributed by atoms with Crippen molar-refractivity contribution in [3.8, 4) is 0 Å².